The first kappa shape index (κ1) is 12.7. The Morgan fingerprint density at radius 3 is 2.20 bits per heavy atom. The van der Waals surface area contributed by atoms with Crippen LogP contribution in [0.5, 0.6) is 0 Å². The van der Waals surface area contributed by atoms with E-state index in [2.05, 4.69) is 18.4 Å². The van der Waals surface area contributed by atoms with Gasteiger partial charge >= 0.3 is 0 Å². The maximum atomic E-state index is 2.64. The predicted octanol–water partition coefficient (Wildman–Crippen LogP) is 4.00. The third kappa shape index (κ3) is 4.81. The zero-order valence-electron chi connectivity index (χ0n) is 10.7. The molecule has 1 aliphatic heterocycles. The highest BCUT2D eigenvalue weighted by molar-refractivity contribution is 5.79. The third-order valence-electron chi connectivity index (χ3n) is 3.53. The van der Waals surface area contributed by atoms with Crippen LogP contribution in [0.15, 0.2) is 0 Å². The van der Waals surface area contributed by atoms with Crippen LogP contribution >= 0.6 is 0 Å². The maximum absolute atomic E-state index is 2.64. The van der Waals surface area contributed by atoms with Crippen molar-refractivity contribution in [3.05, 3.63) is 0 Å². The topological polar surface area (TPSA) is 3.01 Å². The van der Waals surface area contributed by atoms with E-state index in [1.807, 2.05) is 0 Å². The summed E-state index contributed by atoms with van der Waals surface area (Å²) < 4.78 is 2.64. The summed E-state index contributed by atoms with van der Waals surface area (Å²) in [6, 6.07) is 0. The quantitative estimate of drug-likeness (QED) is 0.441. The highest BCUT2D eigenvalue weighted by atomic mass is 15.0. The minimum absolute atomic E-state index is 1.27. The van der Waals surface area contributed by atoms with E-state index in [1.165, 1.54) is 70.9 Å². The van der Waals surface area contributed by atoms with Crippen LogP contribution in [0.1, 0.15) is 71.6 Å². The summed E-state index contributed by atoms with van der Waals surface area (Å²) in [5.41, 5.74) is 1.73. The third-order valence-corrected chi connectivity index (χ3v) is 3.53. The van der Waals surface area contributed by atoms with Crippen LogP contribution in [0.25, 0.3) is 0 Å². The van der Waals surface area contributed by atoms with Gasteiger partial charge in [0.1, 0.15) is 13.1 Å². The number of nitrogens with zero attached hydrogens (tertiary/aromatic N) is 1. The average Bonchev–Trinajstić information content (AvgIpc) is 2.77. The second-order valence-corrected chi connectivity index (χ2v) is 4.78. The van der Waals surface area contributed by atoms with Gasteiger partial charge in [0.25, 0.3) is 0 Å². The van der Waals surface area contributed by atoms with Gasteiger partial charge in [-0.1, -0.05) is 39.5 Å². The van der Waals surface area contributed by atoms with Crippen molar-refractivity contribution in [2.75, 3.05) is 13.1 Å². The molecule has 0 radical (unpaired) electrons. The first-order chi connectivity index (χ1) is 7.38. The van der Waals surface area contributed by atoms with Crippen LogP contribution in [0.4, 0.5) is 0 Å². The van der Waals surface area contributed by atoms with Crippen LogP contribution in [0, 0.1) is 0 Å². The van der Waals surface area contributed by atoms with Crippen molar-refractivity contribution in [2.45, 2.75) is 71.6 Å². The molecule has 1 heteroatoms. The summed E-state index contributed by atoms with van der Waals surface area (Å²) in [7, 11) is 0. The molecule has 0 aromatic rings. The first-order valence-electron chi connectivity index (χ1n) is 6.98. The summed E-state index contributed by atoms with van der Waals surface area (Å²) in [4.78, 5) is 0. The molecule has 1 rings (SSSR count). The molecule has 0 amide bonds. The van der Waals surface area contributed by atoms with Crippen LogP contribution in [-0.4, -0.2) is 23.4 Å². The average molecular weight is 210 g/mol. The van der Waals surface area contributed by atoms with E-state index >= 15 is 0 Å². The van der Waals surface area contributed by atoms with Crippen molar-refractivity contribution in [2.24, 2.45) is 0 Å². The van der Waals surface area contributed by atoms with Crippen molar-refractivity contribution < 1.29 is 4.58 Å². The highest BCUT2D eigenvalue weighted by Gasteiger charge is 2.17. The molecule has 1 saturated heterocycles. The lowest BCUT2D eigenvalue weighted by Crippen LogP contribution is -2.17. The number of hydrogen-bond acceptors (Lipinski definition) is 0. The smallest absolute Gasteiger partial charge is 0.151 e. The molecule has 0 atom stereocenters. The maximum Gasteiger partial charge on any atom is 0.151 e. The fourth-order valence-corrected chi connectivity index (χ4v) is 2.52. The normalized spacial score (nSPS) is 16.0. The van der Waals surface area contributed by atoms with Crippen LogP contribution in [0.3, 0.4) is 0 Å². The van der Waals surface area contributed by atoms with E-state index in [-0.39, 0.29) is 0 Å². The summed E-state index contributed by atoms with van der Waals surface area (Å²) in [5, 5.41) is 0. The molecular weight excluding hydrogens is 182 g/mol. The minimum atomic E-state index is 1.27. The van der Waals surface area contributed by atoms with Gasteiger partial charge in [-0.25, -0.2) is 4.58 Å². The van der Waals surface area contributed by atoms with Gasteiger partial charge in [-0.3, -0.25) is 0 Å². The lowest BCUT2D eigenvalue weighted by Gasteiger charge is -2.03. The second-order valence-electron chi connectivity index (χ2n) is 4.78. The van der Waals surface area contributed by atoms with Crippen LogP contribution in [-0.2, 0) is 0 Å². The van der Waals surface area contributed by atoms with E-state index in [0.717, 1.165) is 0 Å². The van der Waals surface area contributed by atoms with Crippen LogP contribution in [0.2, 0.25) is 0 Å². The van der Waals surface area contributed by atoms with E-state index in [4.69, 9.17) is 0 Å². The lowest BCUT2D eigenvalue weighted by molar-refractivity contribution is -0.508. The molecule has 0 spiro atoms. The Kier molecular flexibility index (Phi) is 6.71. The fourth-order valence-electron chi connectivity index (χ4n) is 2.52. The molecule has 0 aromatic heterocycles. The molecule has 1 heterocycles. The monoisotopic (exact) mass is 210 g/mol. The van der Waals surface area contributed by atoms with Crippen molar-refractivity contribution in [1.29, 1.82) is 0 Å². The Morgan fingerprint density at radius 1 is 0.933 bits per heavy atom. The van der Waals surface area contributed by atoms with E-state index in [9.17, 15) is 0 Å². The number of unbranched alkanes of at least 4 members (excludes halogenated alkanes) is 4. The molecule has 0 aromatic carbocycles. The number of rotatable bonds is 7. The van der Waals surface area contributed by atoms with E-state index in [0.29, 0.717) is 0 Å². The molecule has 0 unspecified atom stereocenters. The summed E-state index contributed by atoms with van der Waals surface area (Å²) in [5.74, 6) is 0. The molecule has 0 aliphatic carbocycles. The molecule has 88 valence electrons. The lowest BCUT2D eigenvalue weighted by atomic mass is 10.1. The van der Waals surface area contributed by atoms with E-state index in [1.54, 1.807) is 5.71 Å². The van der Waals surface area contributed by atoms with Gasteiger partial charge in [-0.2, -0.15) is 0 Å². The summed E-state index contributed by atoms with van der Waals surface area (Å²) >= 11 is 0. The molecule has 15 heavy (non-hydrogen) atoms. The Hall–Kier alpha value is -0.330. The molecule has 0 bridgehead atoms. The van der Waals surface area contributed by atoms with Crippen LogP contribution < -0.4 is 0 Å². The number of hydrogen-bond donors (Lipinski definition) is 0. The summed E-state index contributed by atoms with van der Waals surface area (Å²) in [6.07, 6.45) is 12.5. The molecule has 0 saturated carbocycles. The molecule has 1 fully saturated rings. The Morgan fingerprint density at radius 2 is 1.60 bits per heavy atom. The van der Waals surface area contributed by atoms with Gasteiger partial charge in [0.05, 0.1) is 0 Å². The zero-order valence-corrected chi connectivity index (χ0v) is 10.7. The van der Waals surface area contributed by atoms with E-state index < -0.39 is 0 Å². The Balaban J connectivity index is 2.19. The largest absolute Gasteiger partial charge is 0.237 e. The van der Waals surface area contributed by atoms with Crippen molar-refractivity contribution in [3.63, 3.8) is 0 Å². The van der Waals surface area contributed by atoms with Gasteiger partial charge < -0.3 is 0 Å². The Bertz CT molecular complexity index is 186. The van der Waals surface area contributed by atoms with Gasteiger partial charge in [0.15, 0.2) is 5.71 Å². The van der Waals surface area contributed by atoms with Gasteiger partial charge in [-0.05, 0) is 6.42 Å². The fraction of sp³-hybridized carbons (Fsp3) is 0.929. The molecule has 1 nitrogen and oxygen atoms in total. The van der Waals surface area contributed by atoms with Crippen molar-refractivity contribution in [3.8, 4) is 0 Å². The highest BCUT2D eigenvalue weighted by Crippen LogP contribution is 2.10. The SMILES string of the molecule is CCCCCCCC(CC)=[N+]1CCCC1. The second kappa shape index (κ2) is 7.90. The molecule has 1 aliphatic rings. The van der Waals surface area contributed by atoms with Crippen molar-refractivity contribution in [1.82, 2.24) is 0 Å². The zero-order chi connectivity index (χ0) is 10.9. The minimum Gasteiger partial charge on any atom is -0.237 e. The first-order valence-corrected chi connectivity index (χ1v) is 6.98. The summed E-state index contributed by atoms with van der Waals surface area (Å²) in [6.45, 7) is 7.27. The molecule has 0 N–H and O–H groups in total. The Labute approximate surface area is 95.6 Å². The predicted molar refractivity (Wildman–Crippen MR) is 67.9 cm³/mol. The van der Waals surface area contributed by atoms with Gasteiger partial charge in [-0.15, -0.1) is 0 Å². The molecular formula is C14H28N+. The standard InChI is InChI=1S/C14H28N/c1-3-5-6-7-8-11-14(4-2)15-12-9-10-13-15/h3-13H2,1-2H3/q+1. The van der Waals surface area contributed by atoms with Crippen molar-refractivity contribution >= 4 is 5.71 Å². The van der Waals surface area contributed by atoms with Gasteiger partial charge in [0.2, 0.25) is 0 Å². The van der Waals surface area contributed by atoms with Gasteiger partial charge in [0, 0.05) is 25.7 Å².